The first-order valence-electron chi connectivity index (χ1n) is 6.36. The van der Waals surface area contributed by atoms with Crippen LogP contribution < -0.4 is 5.32 Å². The molecule has 1 fully saturated rings. The number of aromatic nitrogens is 2. The quantitative estimate of drug-likeness (QED) is 0.852. The van der Waals surface area contributed by atoms with E-state index < -0.39 is 0 Å². The molecule has 1 aliphatic carbocycles. The van der Waals surface area contributed by atoms with Gasteiger partial charge in [-0.25, -0.2) is 0 Å². The molecule has 0 bridgehead atoms. The first-order valence-corrected chi connectivity index (χ1v) is 6.36. The standard InChI is InChI=1S/C12H21N3O/c1-3-11(10-7-5-4-6-8-10)14-12-13-9(2)15-16-12/h10-11H,3-8H2,1-2H3,(H,13,14,15). The zero-order chi connectivity index (χ0) is 11.4. The molecular weight excluding hydrogens is 202 g/mol. The van der Waals surface area contributed by atoms with Gasteiger partial charge in [0.1, 0.15) is 0 Å². The predicted molar refractivity (Wildman–Crippen MR) is 63.3 cm³/mol. The van der Waals surface area contributed by atoms with Gasteiger partial charge in [-0.05, 0) is 32.1 Å². The molecule has 90 valence electrons. The largest absolute Gasteiger partial charge is 0.335 e. The number of hydrogen-bond acceptors (Lipinski definition) is 4. The summed E-state index contributed by atoms with van der Waals surface area (Å²) < 4.78 is 5.12. The molecule has 1 aliphatic rings. The number of rotatable bonds is 4. The molecular formula is C12H21N3O. The van der Waals surface area contributed by atoms with Crippen LogP contribution in [-0.4, -0.2) is 16.2 Å². The average molecular weight is 223 g/mol. The van der Waals surface area contributed by atoms with Crippen molar-refractivity contribution < 1.29 is 4.52 Å². The van der Waals surface area contributed by atoms with Crippen molar-refractivity contribution in [2.24, 2.45) is 5.92 Å². The zero-order valence-electron chi connectivity index (χ0n) is 10.2. The van der Waals surface area contributed by atoms with Gasteiger partial charge in [0.25, 0.3) is 0 Å². The minimum absolute atomic E-state index is 0.486. The number of nitrogens with zero attached hydrogens (tertiary/aromatic N) is 2. The summed E-state index contributed by atoms with van der Waals surface area (Å²) in [6.07, 6.45) is 7.91. The lowest BCUT2D eigenvalue weighted by Crippen LogP contribution is -2.30. The minimum Gasteiger partial charge on any atom is -0.335 e. The van der Waals surface area contributed by atoms with E-state index in [4.69, 9.17) is 4.52 Å². The van der Waals surface area contributed by atoms with Gasteiger partial charge in [0.2, 0.25) is 0 Å². The van der Waals surface area contributed by atoms with E-state index in [-0.39, 0.29) is 0 Å². The molecule has 1 aromatic rings. The van der Waals surface area contributed by atoms with Crippen molar-refractivity contribution in [2.45, 2.75) is 58.4 Å². The molecule has 1 N–H and O–H groups in total. The van der Waals surface area contributed by atoms with E-state index in [2.05, 4.69) is 22.4 Å². The van der Waals surface area contributed by atoms with Gasteiger partial charge in [-0.15, -0.1) is 0 Å². The van der Waals surface area contributed by atoms with Gasteiger partial charge < -0.3 is 9.84 Å². The summed E-state index contributed by atoms with van der Waals surface area (Å²) in [6.45, 7) is 4.06. The lowest BCUT2D eigenvalue weighted by molar-refractivity contribution is 0.306. The van der Waals surface area contributed by atoms with Crippen LogP contribution in [0.15, 0.2) is 4.52 Å². The highest BCUT2D eigenvalue weighted by molar-refractivity contribution is 5.20. The van der Waals surface area contributed by atoms with Gasteiger partial charge in [0.15, 0.2) is 5.82 Å². The van der Waals surface area contributed by atoms with Gasteiger partial charge >= 0.3 is 6.01 Å². The molecule has 1 aromatic heterocycles. The molecule has 1 heterocycles. The molecule has 4 nitrogen and oxygen atoms in total. The van der Waals surface area contributed by atoms with Gasteiger partial charge in [-0.3, -0.25) is 0 Å². The number of nitrogens with one attached hydrogen (secondary N) is 1. The van der Waals surface area contributed by atoms with Crippen LogP contribution in [0.5, 0.6) is 0 Å². The summed E-state index contributed by atoms with van der Waals surface area (Å²) in [5.41, 5.74) is 0. The molecule has 0 amide bonds. The van der Waals surface area contributed by atoms with Crippen molar-refractivity contribution in [2.75, 3.05) is 5.32 Å². The lowest BCUT2D eigenvalue weighted by atomic mass is 9.83. The molecule has 1 unspecified atom stereocenters. The van der Waals surface area contributed by atoms with Crippen LogP contribution in [0.25, 0.3) is 0 Å². The van der Waals surface area contributed by atoms with E-state index in [1.54, 1.807) is 0 Å². The third-order valence-electron chi connectivity index (χ3n) is 3.50. The Kier molecular flexibility index (Phi) is 3.80. The Morgan fingerprint density at radius 3 is 2.69 bits per heavy atom. The van der Waals surface area contributed by atoms with E-state index in [1.165, 1.54) is 32.1 Å². The van der Waals surface area contributed by atoms with Gasteiger partial charge in [0, 0.05) is 6.04 Å². The fraction of sp³-hybridized carbons (Fsp3) is 0.833. The van der Waals surface area contributed by atoms with Crippen LogP contribution in [0.2, 0.25) is 0 Å². The molecule has 4 heteroatoms. The van der Waals surface area contributed by atoms with Crippen molar-refractivity contribution in [3.05, 3.63) is 5.82 Å². The van der Waals surface area contributed by atoms with E-state index in [1.807, 2.05) is 6.92 Å². The molecule has 0 saturated heterocycles. The Hall–Kier alpha value is -1.06. The minimum atomic E-state index is 0.486. The number of aryl methyl sites for hydroxylation is 1. The molecule has 1 atom stereocenters. The number of hydrogen-bond donors (Lipinski definition) is 1. The fourth-order valence-corrected chi connectivity index (χ4v) is 2.60. The summed E-state index contributed by atoms with van der Waals surface area (Å²) in [5.74, 6) is 1.46. The second-order valence-electron chi connectivity index (χ2n) is 4.70. The molecule has 0 radical (unpaired) electrons. The van der Waals surface area contributed by atoms with Crippen LogP contribution in [-0.2, 0) is 0 Å². The smallest absolute Gasteiger partial charge is 0.321 e. The molecule has 1 saturated carbocycles. The second-order valence-corrected chi connectivity index (χ2v) is 4.70. The van der Waals surface area contributed by atoms with Crippen LogP contribution in [0.1, 0.15) is 51.3 Å². The normalized spacial score (nSPS) is 19.6. The first kappa shape index (κ1) is 11.4. The van der Waals surface area contributed by atoms with Crippen molar-refractivity contribution >= 4 is 6.01 Å². The topological polar surface area (TPSA) is 51.0 Å². The highest BCUT2D eigenvalue weighted by Gasteiger charge is 2.23. The van der Waals surface area contributed by atoms with Crippen LogP contribution in [0.4, 0.5) is 6.01 Å². The second kappa shape index (κ2) is 5.32. The van der Waals surface area contributed by atoms with E-state index in [9.17, 15) is 0 Å². The maximum atomic E-state index is 5.12. The molecule has 0 spiro atoms. The Labute approximate surface area is 96.8 Å². The first-order chi connectivity index (χ1) is 7.79. The van der Waals surface area contributed by atoms with Crippen LogP contribution in [0.3, 0.4) is 0 Å². The Bertz CT molecular complexity index is 318. The summed E-state index contributed by atoms with van der Waals surface area (Å²) in [6, 6.07) is 1.06. The Morgan fingerprint density at radius 1 is 1.38 bits per heavy atom. The van der Waals surface area contributed by atoms with Gasteiger partial charge in [0.05, 0.1) is 0 Å². The predicted octanol–water partition coefficient (Wildman–Crippen LogP) is 3.15. The third kappa shape index (κ3) is 2.74. The maximum Gasteiger partial charge on any atom is 0.321 e. The highest BCUT2D eigenvalue weighted by Crippen LogP contribution is 2.29. The molecule has 0 aliphatic heterocycles. The Balaban J connectivity index is 1.94. The Morgan fingerprint density at radius 2 is 2.12 bits per heavy atom. The fourth-order valence-electron chi connectivity index (χ4n) is 2.60. The molecule has 16 heavy (non-hydrogen) atoms. The van der Waals surface area contributed by atoms with Crippen LogP contribution >= 0.6 is 0 Å². The average Bonchev–Trinajstić information content (AvgIpc) is 2.73. The summed E-state index contributed by atoms with van der Waals surface area (Å²) >= 11 is 0. The zero-order valence-corrected chi connectivity index (χ0v) is 10.2. The number of anilines is 1. The van der Waals surface area contributed by atoms with E-state index >= 15 is 0 Å². The summed E-state index contributed by atoms with van der Waals surface area (Å²) in [4.78, 5) is 4.20. The summed E-state index contributed by atoms with van der Waals surface area (Å²) in [7, 11) is 0. The summed E-state index contributed by atoms with van der Waals surface area (Å²) in [5, 5.41) is 7.18. The van der Waals surface area contributed by atoms with Crippen LogP contribution in [0, 0.1) is 12.8 Å². The van der Waals surface area contributed by atoms with Crippen molar-refractivity contribution in [1.82, 2.24) is 10.1 Å². The maximum absolute atomic E-state index is 5.12. The highest BCUT2D eigenvalue weighted by atomic mass is 16.5. The van der Waals surface area contributed by atoms with E-state index in [0.717, 1.165) is 12.3 Å². The van der Waals surface area contributed by atoms with Gasteiger partial charge in [-0.1, -0.05) is 31.3 Å². The SMILES string of the molecule is CCC(Nc1nc(C)no1)C1CCCCC1. The lowest BCUT2D eigenvalue weighted by Gasteiger charge is -2.29. The monoisotopic (exact) mass is 223 g/mol. The van der Waals surface area contributed by atoms with Crippen molar-refractivity contribution in [1.29, 1.82) is 0 Å². The van der Waals surface area contributed by atoms with Crippen molar-refractivity contribution in [3.63, 3.8) is 0 Å². The molecule has 0 aromatic carbocycles. The van der Waals surface area contributed by atoms with Crippen molar-refractivity contribution in [3.8, 4) is 0 Å². The van der Waals surface area contributed by atoms with E-state index in [0.29, 0.717) is 17.9 Å². The molecule has 2 rings (SSSR count). The third-order valence-corrected chi connectivity index (χ3v) is 3.50. The van der Waals surface area contributed by atoms with Gasteiger partial charge in [-0.2, -0.15) is 4.98 Å².